The first-order chi connectivity index (χ1) is 7.98. The van der Waals surface area contributed by atoms with Gasteiger partial charge in [-0.15, -0.1) is 0 Å². The van der Waals surface area contributed by atoms with Gasteiger partial charge in [0.25, 0.3) is 5.91 Å². The van der Waals surface area contributed by atoms with Crippen molar-refractivity contribution in [3.63, 3.8) is 0 Å². The van der Waals surface area contributed by atoms with Gasteiger partial charge in [-0.2, -0.15) is 0 Å². The summed E-state index contributed by atoms with van der Waals surface area (Å²) >= 11 is 3.36. The molecule has 0 aliphatic carbocycles. The number of carbonyl (C=O) groups is 1. The van der Waals surface area contributed by atoms with E-state index in [1.54, 1.807) is 4.57 Å². The van der Waals surface area contributed by atoms with Crippen LogP contribution in [-0.2, 0) is 7.05 Å². The Hall–Kier alpha value is -0.810. The Balaban J connectivity index is 2.88. The lowest BCUT2D eigenvalue weighted by atomic mass is 9.93. The van der Waals surface area contributed by atoms with Crippen LogP contribution in [0.4, 0.5) is 0 Å². The zero-order chi connectivity index (χ0) is 13.1. The number of halogens is 1. The van der Waals surface area contributed by atoms with E-state index >= 15 is 0 Å². The van der Waals surface area contributed by atoms with Gasteiger partial charge >= 0.3 is 0 Å². The molecule has 0 aliphatic rings. The standard InChI is InChI=1S/C12H20BrN3O/c1-4-12(5-2,8-14)15-11(17)10-6-9(13)7-16(10)3/h6-7H,4-5,8,14H2,1-3H3,(H,15,17). The van der Waals surface area contributed by atoms with E-state index in [1.165, 1.54) is 0 Å². The molecule has 0 saturated carbocycles. The third-order valence-electron chi connectivity index (χ3n) is 3.33. The fourth-order valence-corrected chi connectivity index (χ4v) is 2.35. The molecule has 0 aliphatic heterocycles. The molecule has 0 saturated heterocycles. The Morgan fingerprint density at radius 2 is 2.12 bits per heavy atom. The third kappa shape index (κ3) is 3.10. The number of nitrogens with two attached hydrogens (primary N) is 1. The fraction of sp³-hybridized carbons (Fsp3) is 0.583. The summed E-state index contributed by atoms with van der Waals surface area (Å²) in [7, 11) is 1.85. The number of aromatic nitrogens is 1. The summed E-state index contributed by atoms with van der Waals surface area (Å²) in [6.45, 7) is 4.53. The lowest BCUT2D eigenvalue weighted by molar-refractivity contribution is 0.0887. The number of nitrogens with one attached hydrogen (secondary N) is 1. The van der Waals surface area contributed by atoms with Gasteiger partial charge in [0.1, 0.15) is 5.69 Å². The average Bonchev–Trinajstić information content (AvgIpc) is 2.65. The third-order valence-corrected chi connectivity index (χ3v) is 3.76. The second kappa shape index (κ2) is 5.69. The Morgan fingerprint density at radius 1 is 1.53 bits per heavy atom. The zero-order valence-corrected chi connectivity index (χ0v) is 12.2. The van der Waals surface area contributed by atoms with Gasteiger partial charge < -0.3 is 15.6 Å². The molecule has 3 N–H and O–H groups in total. The van der Waals surface area contributed by atoms with Gasteiger partial charge in [0.05, 0.1) is 5.54 Å². The van der Waals surface area contributed by atoms with Gasteiger partial charge in [0.15, 0.2) is 0 Å². The summed E-state index contributed by atoms with van der Waals surface area (Å²) in [5.41, 5.74) is 6.11. The Kier molecular flexibility index (Phi) is 4.77. The highest BCUT2D eigenvalue weighted by atomic mass is 79.9. The summed E-state index contributed by atoms with van der Waals surface area (Å²) in [5, 5.41) is 3.04. The molecule has 1 aromatic rings. The molecule has 0 bridgehead atoms. The fourth-order valence-electron chi connectivity index (χ4n) is 1.82. The van der Waals surface area contributed by atoms with Crippen LogP contribution in [0.15, 0.2) is 16.7 Å². The molecule has 17 heavy (non-hydrogen) atoms. The molecule has 0 spiro atoms. The Bertz CT molecular complexity index is 388. The first kappa shape index (κ1) is 14.3. The van der Waals surface area contributed by atoms with Gasteiger partial charge in [-0.1, -0.05) is 13.8 Å². The van der Waals surface area contributed by atoms with Crippen LogP contribution in [0.5, 0.6) is 0 Å². The summed E-state index contributed by atoms with van der Waals surface area (Å²) in [4.78, 5) is 12.2. The van der Waals surface area contributed by atoms with Crippen molar-refractivity contribution in [3.8, 4) is 0 Å². The number of rotatable bonds is 5. The van der Waals surface area contributed by atoms with Gasteiger partial charge in [0.2, 0.25) is 0 Å². The molecule has 0 aromatic carbocycles. The van der Waals surface area contributed by atoms with Crippen LogP contribution < -0.4 is 11.1 Å². The first-order valence-corrected chi connectivity index (χ1v) is 6.61. The van der Waals surface area contributed by atoms with E-state index in [-0.39, 0.29) is 11.4 Å². The number of aryl methyl sites for hydroxylation is 1. The van der Waals surface area contributed by atoms with Crippen LogP contribution in [0, 0.1) is 0 Å². The van der Waals surface area contributed by atoms with Gasteiger partial charge in [-0.3, -0.25) is 4.79 Å². The maximum Gasteiger partial charge on any atom is 0.268 e. The summed E-state index contributed by atoms with van der Waals surface area (Å²) in [6, 6.07) is 1.81. The van der Waals surface area contributed by atoms with Crippen molar-refractivity contribution in [2.75, 3.05) is 6.54 Å². The van der Waals surface area contributed by atoms with Gasteiger partial charge in [-0.05, 0) is 34.8 Å². The van der Waals surface area contributed by atoms with Crippen LogP contribution in [-0.4, -0.2) is 22.6 Å². The molecule has 0 unspecified atom stereocenters. The van der Waals surface area contributed by atoms with Crippen molar-refractivity contribution in [1.29, 1.82) is 0 Å². The summed E-state index contributed by atoms with van der Waals surface area (Å²) in [5.74, 6) is -0.0765. The van der Waals surface area contributed by atoms with Crippen molar-refractivity contribution >= 4 is 21.8 Å². The van der Waals surface area contributed by atoms with Crippen LogP contribution in [0.2, 0.25) is 0 Å². The van der Waals surface area contributed by atoms with Crippen molar-refractivity contribution in [2.24, 2.45) is 12.8 Å². The average molecular weight is 302 g/mol. The second-order valence-electron chi connectivity index (χ2n) is 4.30. The molecular formula is C12H20BrN3O. The van der Waals surface area contributed by atoms with E-state index in [4.69, 9.17) is 5.73 Å². The monoisotopic (exact) mass is 301 g/mol. The molecule has 4 nitrogen and oxygen atoms in total. The SMILES string of the molecule is CCC(CC)(CN)NC(=O)c1cc(Br)cn1C. The van der Waals surface area contributed by atoms with Gasteiger partial charge in [-0.25, -0.2) is 0 Å². The minimum Gasteiger partial charge on any atom is -0.345 e. The molecule has 1 rings (SSSR count). The molecule has 0 fully saturated rings. The van der Waals surface area contributed by atoms with Crippen molar-refractivity contribution in [3.05, 3.63) is 22.4 Å². The largest absolute Gasteiger partial charge is 0.345 e. The molecule has 96 valence electrons. The molecule has 1 aromatic heterocycles. The predicted octanol–water partition coefficient (Wildman–Crippen LogP) is 2.03. The molecule has 1 heterocycles. The minimum atomic E-state index is -0.298. The Morgan fingerprint density at radius 3 is 2.47 bits per heavy atom. The van der Waals surface area contributed by atoms with Crippen LogP contribution in [0.1, 0.15) is 37.2 Å². The van der Waals surface area contributed by atoms with Crippen molar-refractivity contribution in [1.82, 2.24) is 9.88 Å². The minimum absolute atomic E-state index is 0.0765. The summed E-state index contributed by atoms with van der Waals surface area (Å²) < 4.78 is 2.70. The summed E-state index contributed by atoms with van der Waals surface area (Å²) in [6.07, 6.45) is 3.52. The molecular weight excluding hydrogens is 282 g/mol. The maximum absolute atomic E-state index is 12.2. The highest BCUT2D eigenvalue weighted by Crippen LogP contribution is 2.17. The lowest BCUT2D eigenvalue weighted by Crippen LogP contribution is -2.53. The number of hydrogen-bond donors (Lipinski definition) is 2. The highest BCUT2D eigenvalue weighted by molar-refractivity contribution is 9.10. The highest BCUT2D eigenvalue weighted by Gasteiger charge is 2.27. The first-order valence-electron chi connectivity index (χ1n) is 5.82. The quantitative estimate of drug-likeness (QED) is 0.874. The molecule has 5 heteroatoms. The van der Waals surface area contributed by atoms with E-state index in [0.29, 0.717) is 12.2 Å². The molecule has 0 atom stereocenters. The second-order valence-corrected chi connectivity index (χ2v) is 5.22. The normalized spacial score (nSPS) is 11.6. The topological polar surface area (TPSA) is 60.0 Å². The molecule has 0 radical (unpaired) electrons. The van der Waals surface area contributed by atoms with Crippen LogP contribution in [0.3, 0.4) is 0 Å². The maximum atomic E-state index is 12.2. The van der Waals surface area contributed by atoms with E-state index in [1.807, 2.05) is 33.2 Å². The van der Waals surface area contributed by atoms with Crippen LogP contribution >= 0.6 is 15.9 Å². The Labute approximate surface area is 111 Å². The van der Waals surface area contributed by atoms with Gasteiger partial charge in [0, 0.05) is 24.3 Å². The number of hydrogen-bond acceptors (Lipinski definition) is 2. The lowest BCUT2D eigenvalue weighted by Gasteiger charge is -2.31. The van der Waals surface area contributed by atoms with E-state index < -0.39 is 0 Å². The molecule has 1 amide bonds. The van der Waals surface area contributed by atoms with Crippen molar-refractivity contribution in [2.45, 2.75) is 32.2 Å². The van der Waals surface area contributed by atoms with E-state index in [9.17, 15) is 4.79 Å². The smallest absolute Gasteiger partial charge is 0.268 e. The number of amides is 1. The van der Waals surface area contributed by atoms with Crippen molar-refractivity contribution < 1.29 is 4.79 Å². The number of carbonyl (C=O) groups excluding carboxylic acids is 1. The predicted molar refractivity (Wildman–Crippen MR) is 72.9 cm³/mol. The van der Waals surface area contributed by atoms with E-state index in [2.05, 4.69) is 21.2 Å². The van der Waals surface area contributed by atoms with E-state index in [0.717, 1.165) is 17.3 Å². The zero-order valence-electron chi connectivity index (χ0n) is 10.6. The van der Waals surface area contributed by atoms with Crippen LogP contribution in [0.25, 0.3) is 0 Å². The number of nitrogens with zero attached hydrogens (tertiary/aromatic N) is 1.